The molecule has 0 saturated heterocycles. The summed E-state index contributed by atoms with van der Waals surface area (Å²) in [5.41, 5.74) is -0.680. The molecule has 2 rings (SSSR count). The van der Waals surface area contributed by atoms with E-state index in [2.05, 4.69) is 27.7 Å². The van der Waals surface area contributed by atoms with Crippen molar-refractivity contribution in [2.75, 3.05) is 26.4 Å². The average Bonchev–Trinajstić information content (AvgIpc) is 3.20. The highest BCUT2D eigenvalue weighted by Crippen LogP contribution is 2.28. The second-order valence-electron chi connectivity index (χ2n) is 9.49. The number of rotatable bonds is 14. The molecule has 2 heterocycles. The van der Waals surface area contributed by atoms with Crippen LogP contribution in [0.25, 0.3) is 0 Å². The maximum Gasteiger partial charge on any atom is 0.210 e. The molecule has 8 nitrogen and oxygen atoms in total. The molecule has 0 saturated carbocycles. The van der Waals surface area contributed by atoms with E-state index in [1.54, 1.807) is 21.5 Å². The summed E-state index contributed by atoms with van der Waals surface area (Å²) in [7, 11) is 0. The first-order chi connectivity index (χ1) is 15.5. The van der Waals surface area contributed by atoms with Gasteiger partial charge in [-0.3, -0.25) is 9.13 Å². The van der Waals surface area contributed by atoms with Crippen molar-refractivity contribution in [2.45, 2.75) is 85.0 Å². The molecule has 0 amide bonds. The van der Waals surface area contributed by atoms with Gasteiger partial charge in [0.15, 0.2) is 9.54 Å². The van der Waals surface area contributed by atoms with Crippen molar-refractivity contribution in [3.8, 4) is 11.8 Å². The highest BCUT2D eigenvalue weighted by Gasteiger charge is 2.26. The van der Waals surface area contributed by atoms with Gasteiger partial charge in [-0.25, -0.2) is 0 Å². The first kappa shape index (κ1) is 27.6. The average molecular weight is 501 g/mol. The minimum Gasteiger partial charge on any atom is -0.493 e. The second kappa shape index (κ2) is 11.7. The summed E-state index contributed by atoms with van der Waals surface area (Å²) < 4.78 is 20.1. The molecular weight excluding hydrogens is 460 g/mol. The standard InChI is InChI=1S/C23H40N4O4S2/c1-7-24-16-18(28)26(20(24)32)22(3,4)10-14-30-12-9-13-31-15-11-23(5,6)27-19(29)17-25(8-2)21(27)33/h16-17,28-29H,7-15H2,1-6H3. The van der Waals surface area contributed by atoms with Crippen LogP contribution >= 0.6 is 24.4 Å². The third-order valence-electron chi connectivity index (χ3n) is 6.06. The monoisotopic (exact) mass is 500 g/mol. The lowest BCUT2D eigenvalue weighted by Crippen LogP contribution is -2.28. The van der Waals surface area contributed by atoms with Crippen molar-refractivity contribution >= 4 is 24.4 Å². The molecule has 0 bridgehead atoms. The zero-order valence-corrected chi connectivity index (χ0v) is 22.5. The lowest BCUT2D eigenvalue weighted by atomic mass is 10.0. The van der Waals surface area contributed by atoms with Gasteiger partial charge in [-0.1, -0.05) is 0 Å². The summed E-state index contributed by atoms with van der Waals surface area (Å²) in [6.07, 6.45) is 5.63. The maximum absolute atomic E-state index is 10.3. The molecule has 0 radical (unpaired) electrons. The molecule has 2 N–H and O–H groups in total. The normalized spacial score (nSPS) is 12.5. The molecule has 0 aromatic carbocycles. The summed E-state index contributed by atoms with van der Waals surface area (Å²) in [5.74, 6) is 0.369. The van der Waals surface area contributed by atoms with E-state index >= 15 is 0 Å². The number of nitrogens with zero attached hydrogens (tertiary/aromatic N) is 4. The molecule has 0 aliphatic carbocycles. The van der Waals surface area contributed by atoms with Gasteiger partial charge < -0.3 is 28.8 Å². The minimum atomic E-state index is -0.340. The number of hydrogen-bond donors (Lipinski definition) is 2. The van der Waals surface area contributed by atoms with Gasteiger partial charge in [0.05, 0.1) is 12.4 Å². The predicted octanol–water partition coefficient (Wildman–Crippen LogP) is 5.18. The molecule has 0 fully saturated rings. The number of ether oxygens (including phenoxy) is 2. The molecule has 10 heteroatoms. The first-order valence-corrected chi connectivity index (χ1v) is 12.5. The van der Waals surface area contributed by atoms with Crippen molar-refractivity contribution in [1.29, 1.82) is 0 Å². The van der Waals surface area contributed by atoms with E-state index in [1.165, 1.54) is 0 Å². The predicted molar refractivity (Wildman–Crippen MR) is 135 cm³/mol. The quantitative estimate of drug-likeness (QED) is 0.275. The number of hydrogen-bond acceptors (Lipinski definition) is 6. The van der Waals surface area contributed by atoms with E-state index in [1.807, 2.05) is 23.0 Å². The van der Waals surface area contributed by atoms with Crippen LogP contribution in [0.3, 0.4) is 0 Å². The molecular formula is C23H40N4O4S2. The summed E-state index contributed by atoms with van der Waals surface area (Å²) in [6, 6.07) is 0. The highest BCUT2D eigenvalue weighted by atomic mass is 32.1. The van der Waals surface area contributed by atoms with E-state index in [0.717, 1.165) is 32.4 Å². The number of aromatic nitrogens is 4. The van der Waals surface area contributed by atoms with Crippen molar-refractivity contribution in [3.05, 3.63) is 21.9 Å². The molecule has 0 aliphatic heterocycles. The molecule has 0 unspecified atom stereocenters. The molecule has 0 atom stereocenters. The maximum atomic E-state index is 10.3. The van der Waals surface area contributed by atoms with Gasteiger partial charge in [-0.15, -0.1) is 0 Å². The van der Waals surface area contributed by atoms with E-state index < -0.39 is 0 Å². The van der Waals surface area contributed by atoms with Crippen molar-refractivity contribution in [3.63, 3.8) is 0 Å². The Bertz CT molecular complexity index is 937. The third-order valence-corrected chi connectivity index (χ3v) is 6.89. The van der Waals surface area contributed by atoms with Crippen molar-refractivity contribution in [2.24, 2.45) is 0 Å². The smallest absolute Gasteiger partial charge is 0.210 e. The second-order valence-corrected chi connectivity index (χ2v) is 10.2. The fourth-order valence-electron chi connectivity index (χ4n) is 3.88. The Balaban J connectivity index is 1.68. The Morgan fingerprint density at radius 2 is 1.09 bits per heavy atom. The summed E-state index contributed by atoms with van der Waals surface area (Å²) in [6.45, 7) is 16.0. The van der Waals surface area contributed by atoms with Gasteiger partial charge in [0.25, 0.3) is 0 Å². The van der Waals surface area contributed by atoms with Crippen LogP contribution in [-0.4, -0.2) is 54.9 Å². The Labute approximate surface area is 207 Å². The third kappa shape index (κ3) is 6.71. The molecule has 188 valence electrons. The van der Waals surface area contributed by atoms with E-state index in [9.17, 15) is 10.2 Å². The Morgan fingerprint density at radius 1 is 0.727 bits per heavy atom. The highest BCUT2D eigenvalue weighted by molar-refractivity contribution is 7.71. The van der Waals surface area contributed by atoms with Gasteiger partial charge in [-0.2, -0.15) is 0 Å². The minimum absolute atomic E-state index is 0.184. The van der Waals surface area contributed by atoms with Crippen LogP contribution in [0.2, 0.25) is 0 Å². The fraction of sp³-hybridized carbons (Fsp3) is 0.739. The van der Waals surface area contributed by atoms with Crippen LogP contribution in [0.1, 0.15) is 60.8 Å². The fourth-order valence-corrected chi connectivity index (χ4v) is 4.93. The number of aromatic hydroxyl groups is 2. The Kier molecular flexibility index (Phi) is 9.78. The van der Waals surface area contributed by atoms with E-state index in [-0.39, 0.29) is 22.8 Å². The van der Waals surface area contributed by atoms with Crippen LogP contribution in [0.4, 0.5) is 0 Å². The zero-order valence-electron chi connectivity index (χ0n) is 20.8. The van der Waals surface area contributed by atoms with Crippen LogP contribution in [-0.2, 0) is 33.6 Å². The molecule has 0 spiro atoms. The number of aryl methyl sites for hydroxylation is 2. The summed E-state index contributed by atoms with van der Waals surface area (Å²) in [4.78, 5) is 0. The van der Waals surface area contributed by atoms with Gasteiger partial charge in [0.2, 0.25) is 11.8 Å². The first-order valence-electron chi connectivity index (χ1n) is 11.6. The van der Waals surface area contributed by atoms with Crippen molar-refractivity contribution in [1.82, 2.24) is 18.3 Å². The topological polar surface area (TPSA) is 78.6 Å². The van der Waals surface area contributed by atoms with Crippen LogP contribution in [0.15, 0.2) is 12.4 Å². The van der Waals surface area contributed by atoms with Gasteiger partial charge in [0, 0.05) is 50.6 Å². The van der Waals surface area contributed by atoms with Crippen LogP contribution in [0, 0.1) is 9.54 Å². The lowest BCUT2D eigenvalue weighted by Gasteiger charge is -2.27. The molecule has 2 aromatic heterocycles. The van der Waals surface area contributed by atoms with Gasteiger partial charge in [0.1, 0.15) is 0 Å². The van der Waals surface area contributed by atoms with E-state index in [0.29, 0.717) is 36.0 Å². The van der Waals surface area contributed by atoms with Gasteiger partial charge >= 0.3 is 0 Å². The van der Waals surface area contributed by atoms with Crippen LogP contribution in [0.5, 0.6) is 11.8 Å². The lowest BCUT2D eigenvalue weighted by molar-refractivity contribution is 0.0611. The Morgan fingerprint density at radius 3 is 1.39 bits per heavy atom. The van der Waals surface area contributed by atoms with Gasteiger partial charge in [-0.05, 0) is 85.2 Å². The van der Waals surface area contributed by atoms with Crippen LogP contribution < -0.4 is 0 Å². The number of imidazole rings is 2. The summed E-state index contributed by atoms with van der Waals surface area (Å²) in [5, 5.41) is 20.5. The van der Waals surface area contributed by atoms with E-state index in [4.69, 9.17) is 33.9 Å². The largest absolute Gasteiger partial charge is 0.493 e. The Hall–Kier alpha value is -1.62. The summed E-state index contributed by atoms with van der Waals surface area (Å²) >= 11 is 11.0. The molecule has 2 aromatic rings. The van der Waals surface area contributed by atoms with Crippen molar-refractivity contribution < 1.29 is 19.7 Å². The molecule has 0 aliphatic rings. The molecule has 33 heavy (non-hydrogen) atoms. The SMILES string of the molecule is CCn1cc(O)n(C(C)(C)CCOCCCOCCC(C)(C)n2c(O)cn(CC)c2=S)c1=S. The zero-order chi connectivity index (χ0) is 24.8.